The summed E-state index contributed by atoms with van der Waals surface area (Å²) >= 11 is 2.83. The van der Waals surface area contributed by atoms with Gasteiger partial charge in [0.15, 0.2) is 0 Å². The fourth-order valence-electron chi connectivity index (χ4n) is 0.891. The monoisotopic (exact) mass is 261 g/mol. The van der Waals surface area contributed by atoms with E-state index >= 15 is 0 Å². The smallest absolute Gasteiger partial charge is 0.362 e. The van der Waals surface area contributed by atoms with Crippen molar-refractivity contribution in [3.05, 3.63) is 36.8 Å². The van der Waals surface area contributed by atoms with E-state index in [4.69, 9.17) is 5.73 Å². The quantitative estimate of drug-likeness (QED) is 0.496. The van der Waals surface area contributed by atoms with Crippen molar-refractivity contribution in [1.29, 1.82) is 0 Å². The Morgan fingerprint density at radius 3 is 2.21 bits per heavy atom. The van der Waals surface area contributed by atoms with E-state index in [-0.39, 0.29) is 10.2 Å². The van der Waals surface area contributed by atoms with Gasteiger partial charge in [0, 0.05) is 6.07 Å². The normalized spacial score (nSPS) is 9.79. The van der Waals surface area contributed by atoms with Crippen LogP contribution in [-0.4, -0.2) is 9.85 Å². The number of nitro benzene ring substituents is 2. The number of anilines is 1. The van der Waals surface area contributed by atoms with Crippen LogP contribution in [-0.2, 0) is 0 Å². The number of nitrogens with two attached hydrogens (primary N) is 1. The van der Waals surface area contributed by atoms with Gasteiger partial charge in [0.2, 0.25) is 0 Å². The van der Waals surface area contributed by atoms with Crippen molar-refractivity contribution in [3.63, 3.8) is 0 Å². The molecule has 0 aliphatic carbocycles. The molecule has 0 aliphatic rings. The van der Waals surface area contributed by atoms with E-state index in [1.807, 2.05) is 0 Å². The lowest BCUT2D eigenvalue weighted by molar-refractivity contribution is -0.423. The number of halogens is 1. The highest BCUT2D eigenvalue weighted by molar-refractivity contribution is 9.10. The average molecular weight is 262 g/mol. The Bertz CT molecular complexity index is 420. The van der Waals surface area contributed by atoms with Gasteiger partial charge in [0.25, 0.3) is 0 Å². The third-order valence-corrected chi connectivity index (χ3v) is 2.34. The zero-order valence-corrected chi connectivity index (χ0v) is 8.22. The molecule has 0 aromatic heterocycles. The molecule has 0 saturated heterocycles. The van der Waals surface area contributed by atoms with Crippen LogP contribution < -0.4 is 5.73 Å². The molecule has 0 spiro atoms. The van der Waals surface area contributed by atoms with Crippen molar-refractivity contribution in [3.8, 4) is 0 Å². The van der Waals surface area contributed by atoms with E-state index in [2.05, 4.69) is 15.9 Å². The molecule has 8 heteroatoms. The maximum atomic E-state index is 10.5. The van der Waals surface area contributed by atoms with Crippen LogP contribution in [0.5, 0.6) is 0 Å². The van der Waals surface area contributed by atoms with Crippen molar-refractivity contribution in [2.45, 2.75) is 0 Å². The molecule has 7 nitrogen and oxygen atoms in total. The van der Waals surface area contributed by atoms with E-state index < -0.39 is 21.2 Å². The van der Waals surface area contributed by atoms with Crippen molar-refractivity contribution in [1.82, 2.24) is 0 Å². The second-order valence-corrected chi connectivity index (χ2v) is 3.14. The number of nitrogens with zero attached hydrogens (tertiary/aromatic N) is 2. The summed E-state index contributed by atoms with van der Waals surface area (Å²) in [7, 11) is 0. The highest BCUT2D eigenvalue weighted by Gasteiger charge is 2.28. The predicted molar refractivity (Wildman–Crippen MR) is 51.9 cm³/mol. The zero-order valence-electron chi connectivity index (χ0n) is 6.64. The highest BCUT2D eigenvalue weighted by atomic mass is 79.9. The van der Waals surface area contributed by atoms with Crippen LogP contribution in [0.3, 0.4) is 0 Å². The van der Waals surface area contributed by atoms with Crippen LogP contribution in [0.4, 0.5) is 17.1 Å². The molecule has 0 unspecified atom stereocenters. The third kappa shape index (κ3) is 1.64. The largest absolute Gasteiger partial charge is 0.398 e. The lowest BCUT2D eigenvalue weighted by Crippen LogP contribution is -1.99. The molecule has 1 rings (SSSR count). The second-order valence-electron chi connectivity index (χ2n) is 2.35. The number of nitrogen functional groups attached to an aromatic ring is 1. The van der Waals surface area contributed by atoms with Crippen LogP contribution in [0.25, 0.3) is 0 Å². The van der Waals surface area contributed by atoms with Gasteiger partial charge in [0.05, 0.1) is 15.5 Å². The van der Waals surface area contributed by atoms with Crippen LogP contribution in [0.1, 0.15) is 0 Å². The van der Waals surface area contributed by atoms with Gasteiger partial charge < -0.3 is 5.73 Å². The van der Waals surface area contributed by atoms with E-state index in [1.165, 1.54) is 6.07 Å². The Hall–Kier alpha value is -1.70. The number of nitro groups is 2. The standard InChI is InChI=1S/C6H4BrN3O4/c7-5-3(8)1-2-4(9(11)12)6(5)10(13)14/h1-2H,8H2. The first kappa shape index (κ1) is 10.4. The molecule has 1 aromatic carbocycles. The first-order valence-corrected chi connectivity index (χ1v) is 4.11. The summed E-state index contributed by atoms with van der Waals surface area (Å²) in [5.41, 5.74) is 4.22. The van der Waals surface area contributed by atoms with Gasteiger partial charge in [0.1, 0.15) is 4.47 Å². The molecule has 0 bridgehead atoms. The third-order valence-electron chi connectivity index (χ3n) is 1.50. The fourth-order valence-corrected chi connectivity index (χ4v) is 1.37. The number of rotatable bonds is 2. The molecule has 0 fully saturated rings. The summed E-state index contributed by atoms with van der Waals surface area (Å²) in [6.07, 6.45) is 0. The molecule has 1 aromatic rings. The maximum Gasteiger partial charge on any atom is 0.362 e. The van der Waals surface area contributed by atoms with Gasteiger partial charge in [-0.25, -0.2) is 0 Å². The van der Waals surface area contributed by atoms with Gasteiger partial charge in [-0.2, -0.15) is 0 Å². The van der Waals surface area contributed by atoms with Gasteiger partial charge in [-0.15, -0.1) is 0 Å². The van der Waals surface area contributed by atoms with E-state index in [1.54, 1.807) is 0 Å². The van der Waals surface area contributed by atoms with Gasteiger partial charge in [-0.1, -0.05) is 0 Å². The molecule has 14 heavy (non-hydrogen) atoms. The Kier molecular flexibility index (Phi) is 2.65. The van der Waals surface area contributed by atoms with Gasteiger partial charge in [-0.05, 0) is 22.0 Å². The summed E-state index contributed by atoms with van der Waals surface area (Å²) in [5.74, 6) is 0. The molecule has 0 aliphatic heterocycles. The molecule has 0 saturated carbocycles. The lowest BCUT2D eigenvalue weighted by atomic mass is 10.2. The topological polar surface area (TPSA) is 112 Å². The summed E-state index contributed by atoms with van der Waals surface area (Å²) in [4.78, 5) is 19.3. The summed E-state index contributed by atoms with van der Waals surface area (Å²) in [5, 5.41) is 20.9. The van der Waals surface area contributed by atoms with Crippen molar-refractivity contribution >= 4 is 33.0 Å². The Morgan fingerprint density at radius 2 is 1.79 bits per heavy atom. The number of hydrogen-bond donors (Lipinski definition) is 1. The van der Waals surface area contributed by atoms with Crippen LogP contribution in [0.15, 0.2) is 16.6 Å². The molecular weight excluding hydrogens is 258 g/mol. The summed E-state index contributed by atoms with van der Waals surface area (Å²) in [6.45, 7) is 0. The van der Waals surface area contributed by atoms with Gasteiger partial charge in [-0.3, -0.25) is 20.2 Å². The van der Waals surface area contributed by atoms with Crippen molar-refractivity contribution in [2.75, 3.05) is 5.73 Å². The summed E-state index contributed by atoms with van der Waals surface area (Å²) in [6, 6.07) is 2.23. The van der Waals surface area contributed by atoms with Crippen LogP contribution >= 0.6 is 15.9 Å². The Balaban J connectivity index is 3.53. The SMILES string of the molecule is Nc1ccc([N+](=O)[O-])c([N+](=O)[O-])c1Br. The second kappa shape index (κ2) is 3.58. The minimum Gasteiger partial charge on any atom is -0.398 e. The highest BCUT2D eigenvalue weighted by Crippen LogP contribution is 2.38. The number of benzene rings is 1. The van der Waals surface area contributed by atoms with Crippen LogP contribution in [0.2, 0.25) is 0 Å². The van der Waals surface area contributed by atoms with Crippen molar-refractivity contribution in [2.24, 2.45) is 0 Å². The first-order chi connectivity index (χ1) is 6.45. The fraction of sp³-hybridized carbons (Fsp3) is 0. The molecule has 2 N–H and O–H groups in total. The molecule has 0 radical (unpaired) electrons. The van der Waals surface area contributed by atoms with E-state index in [0.29, 0.717) is 0 Å². The molecule has 0 amide bonds. The van der Waals surface area contributed by atoms with E-state index in [0.717, 1.165) is 6.07 Å². The van der Waals surface area contributed by atoms with E-state index in [9.17, 15) is 20.2 Å². The lowest BCUT2D eigenvalue weighted by Gasteiger charge is -1.99. The van der Waals surface area contributed by atoms with Gasteiger partial charge >= 0.3 is 11.4 Å². The average Bonchev–Trinajstić information content (AvgIpc) is 2.08. The zero-order chi connectivity index (χ0) is 10.9. The Labute approximate surface area is 85.9 Å². The molecule has 0 heterocycles. The van der Waals surface area contributed by atoms with Crippen molar-refractivity contribution < 1.29 is 9.85 Å². The minimum atomic E-state index is -0.849. The number of hydrogen-bond acceptors (Lipinski definition) is 5. The molecule has 74 valence electrons. The predicted octanol–water partition coefficient (Wildman–Crippen LogP) is 1.85. The first-order valence-electron chi connectivity index (χ1n) is 3.32. The molecular formula is C6H4BrN3O4. The Morgan fingerprint density at radius 1 is 1.21 bits per heavy atom. The molecule has 0 atom stereocenters. The maximum absolute atomic E-state index is 10.5. The summed E-state index contributed by atoms with van der Waals surface area (Å²) < 4.78 is -0.0725. The van der Waals surface area contributed by atoms with Crippen LogP contribution in [0, 0.1) is 20.2 Å². The minimum absolute atomic E-state index is 0.0725.